The fraction of sp³-hybridized carbons (Fsp3) is 0.538. The van der Waals surface area contributed by atoms with Crippen molar-refractivity contribution in [3.63, 3.8) is 0 Å². The zero-order chi connectivity index (χ0) is 15.8. The van der Waals surface area contributed by atoms with Gasteiger partial charge in [0.05, 0.1) is 6.61 Å². The lowest BCUT2D eigenvalue weighted by Gasteiger charge is -2.28. The summed E-state index contributed by atoms with van der Waals surface area (Å²) in [5.41, 5.74) is -2.99. The molecule has 0 spiro atoms. The molecule has 1 fully saturated rings. The Hall–Kier alpha value is -1.92. The van der Waals surface area contributed by atoms with E-state index in [-0.39, 0.29) is 12.0 Å². The van der Waals surface area contributed by atoms with Crippen molar-refractivity contribution >= 4 is 0 Å². The van der Waals surface area contributed by atoms with Crippen LogP contribution in [0.3, 0.4) is 0 Å². The van der Waals surface area contributed by atoms with Gasteiger partial charge in [-0.25, -0.2) is 4.79 Å². The van der Waals surface area contributed by atoms with Gasteiger partial charge in [-0.3, -0.25) is 14.3 Å². The zero-order valence-electron chi connectivity index (χ0n) is 11.3. The summed E-state index contributed by atoms with van der Waals surface area (Å²) in [4.78, 5) is 25.2. The average molecular weight is 296 g/mol. The Kier molecular flexibility index (Phi) is 4.02. The van der Waals surface area contributed by atoms with E-state index in [0.717, 1.165) is 4.57 Å². The van der Waals surface area contributed by atoms with Crippen molar-refractivity contribution in [3.05, 3.63) is 32.6 Å². The highest BCUT2D eigenvalue weighted by Gasteiger charge is 2.55. The van der Waals surface area contributed by atoms with Crippen LogP contribution in [0.4, 0.5) is 0 Å². The number of hydrogen-bond donors (Lipinski definition) is 4. The number of terminal acetylenes is 1. The predicted molar refractivity (Wildman–Crippen MR) is 71.5 cm³/mol. The van der Waals surface area contributed by atoms with Gasteiger partial charge in [0.2, 0.25) is 0 Å². The number of aromatic nitrogens is 2. The van der Waals surface area contributed by atoms with Gasteiger partial charge in [-0.1, -0.05) is 0 Å². The molecule has 0 aromatic carbocycles. The summed E-state index contributed by atoms with van der Waals surface area (Å²) in [5, 5.41) is 29.9. The molecule has 4 N–H and O–H groups in total. The summed E-state index contributed by atoms with van der Waals surface area (Å²) in [6.07, 6.45) is 2.17. The maximum Gasteiger partial charge on any atom is 0.330 e. The van der Waals surface area contributed by atoms with E-state index in [4.69, 9.17) is 11.2 Å². The lowest BCUT2D eigenvalue weighted by molar-refractivity contribution is -0.0892. The Morgan fingerprint density at radius 3 is 2.81 bits per heavy atom. The van der Waals surface area contributed by atoms with Crippen LogP contribution >= 0.6 is 0 Å². The molecular formula is C13H16N2O6. The summed E-state index contributed by atoms with van der Waals surface area (Å²) in [7, 11) is 0. The first kappa shape index (κ1) is 15.5. The molecule has 1 saturated heterocycles. The van der Waals surface area contributed by atoms with Crippen LogP contribution in [0, 0.1) is 19.3 Å². The van der Waals surface area contributed by atoms with Gasteiger partial charge in [0, 0.05) is 18.2 Å². The van der Waals surface area contributed by atoms with Gasteiger partial charge in [0.15, 0.2) is 6.23 Å². The first-order chi connectivity index (χ1) is 9.85. The second kappa shape index (κ2) is 5.46. The second-order valence-electron chi connectivity index (χ2n) is 4.99. The summed E-state index contributed by atoms with van der Waals surface area (Å²) in [6, 6.07) is 0. The van der Waals surface area contributed by atoms with Crippen LogP contribution in [0.2, 0.25) is 0 Å². The fourth-order valence-corrected chi connectivity index (χ4v) is 2.37. The minimum Gasteiger partial charge on any atom is -0.394 e. The van der Waals surface area contributed by atoms with Crippen molar-refractivity contribution in [1.29, 1.82) is 0 Å². The second-order valence-corrected chi connectivity index (χ2v) is 4.99. The number of aromatic amines is 1. The Morgan fingerprint density at radius 2 is 2.24 bits per heavy atom. The molecule has 21 heavy (non-hydrogen) atoms. The molecule has 4 atom stereocenters. The van der Waals surface area contributed by atoms with Gasteiger partial charge < -0.3 is 20.1 Å². The smallest absolute Gasteiger partial charge is 0.330 e. The lowest BCUT2D eigenvalue weighted by atomic mass is 9.89. The molecule has 0 aliphatic carbocycles. The van der Waals surface area contributed by atoms with Gasteiger partial charge in [-0.2, -0.15) is 0 Å². The molecule has 2 heterocycles. The summed E-state index contributed by atoms with van der Waals surface area (Å²) in [6.45, 7) is 0.899. The number of ether oxygens (including phenoxy) is 1. The number of H-pyrrole nitrogens is 1. The number of rotatable bonds is 3. The number of nitrogens with one attached hydrogen (secondary N) is 1. The number of aliphatic hydroxyl groups is 3. The van der Waals surface area contributed by atoms with Crippen LogP contribution in [0.25, 0.3) is 0 Å². The van der Waals surface area contributed by atoms with E-state index in [2.05, 4.69) is 10.9 Å². The van der Waals surface area contributed by atoms with E-state index in [1.54, 1.807) is 0 Å². The summed E-state index contributed by atoms with van der Waals surface area (Å²) < 4.78 is 6.31. The van der Waals surface area contributed by atoms with Gasteiger partial charge in [-0.15, -0.1) is 12.3 Å². The van der Waals surface area contributed by atoms with Crippen molar-refractivity contribution < 1.29 is 20.1 Å². The largest absolute Gasteiger partial charge is 0.394 e. The van der Waals surface area contributed by atoms with Gasteiger partial charge in [-0.05, 0) is 6.92 Å². The fourth-order valence-electron chi connectivity index (χ4n) is 2.37. The zero-order valence-corrected chi connectivity index (χ0v) is 11.3. The first-order valence-corrected chi connectivity index (χ1v) is 6.27. The molecule has 1 aliphatic heterocycles. The standard InChI is InChI=1S/C13H16N2O6/c1-3-4-13(20)8(6-16)21-11(9(13)17)15-5-7(2)10(18)14-12(15)19/h1,5,8-9,11,16-17,20H,4,6H2,2H3,(H,14,18,19)/t8-,9+,11-,13-/m1/s1. The molecular weight excluding hydrogens is 280 g/mol. The van der Waals surface area contributed by atoms with E-state index in [0.29, 0.717) is 0 Å². The molecule has 0 bridgehead atoms. The number of aryl methyl sites for hydroxylation is 1. The highest BCUT2D eigenvalue weighted by atomic mass is 16.6. The van der Waals surface area contributed by atoms with Crippen molar-refractivity contribution in [2.45, 2.75) is 37.4 Å². The van der Waals surface area contributed by atoms with Gasteiger partial charge in [0.25, 0.3) is 5.56 Å². The minimum atomic E-state index is -1.88. The molecule has 1 aromatic rings. The average Bonchev–Trinajstić information content (AvgIpc) is 2.67. The monoisotopic (exact) mass is 296 g/mol. The van der Waals surface area contributed by atoms with Crippen molar-refractivity contribution in [3.8, 4) is 12.3 Å². The summed E-state index contributed by atoms with van der Waals surface area (Å²) in [5.74, 6) is 2.21. The highest BCUT2D eigenvalue weighted by molar-refractivity contribution is 5.10. The molecule has 1 aliphatic rings. The van der Waals surface area contributed by atoms with E-state index < -0.39 is 41.9 Å². The Bertz CT molecular complexity index is 687. The molecule has 0 unspecified atom stereocenters. The number of hydrogen-bond acceptors (Lipinski definition) is 6. The molecule has 114 valence electrons. The third kappa shape index (κ3) is 2.41. The minimum absolute atomic E-state index is 0.235. The molecule has 0 radical (unpaired) electrons. The molecule has 8 nitrogen and oxygen atoms in total. The van der Waals surface area contributed by atoms with Crippen LogP contribution in [0.1, 0.15) is 18.2 Å². The van der Waals surface area contributed by atoms with Crippen LogP contribution in [-0.2, 0) is 4.74 Å². The highest BCUT2D eigenvalue weighted by Crippen LogP contribution is 2.38. The first-order valence-electron chi connectivity index (χ1n) is 6.27. The Balaban J connectivity index is 2.48. The Labute approximate surface area is 119 Å². The van der Waals surface area contributed by atoms with Crippen LogP contribution in [-0.4, -0.2) is 49.3 Å². The molecule has 0 amide bonds. The third-order valence-corrected chi connectivity index (χ3v) is 3.61. The van der Waals surface area contributed by atoms with E-state index in [1.165, 1.54) is 13.1 Å². The number of aliphatic hydroxyl groups excluding tert-OH is 2. The van der Waals surface area contributed by atoms with Crippen molar-refractivity contribution in [2.24, 2.45) is 0 Å². The maximum absolute atomic E-state index is 11.8. The van der Waals surface area contributed by atoms with Crippen molar-refractivity contribution in [2.75, 3.05) is 6.61 Å². The number of nitrogens with zero attached hydrogens (tertiary/aromatic N) is 1. The summed E-state index contributed by atoms with van der Waals surface area (Å²) >= 11 is 0. The van der Waals surface area contributed by atoms with E-state index >= 15 is 0 Å². The predicted octanol–water partition coefficient (Wildman–Crippen LogP) is -2.15. The SMILES string of the molecule is C#CC[C@@]1(O)[C@@H](CO)O[C@@H](n2cc(C)c(=O)[nH]c2=O)[C@@H]1O. The maximum atomic E-state index is 11.8. The van der Waals surface area contributed by atoms with Gasteiger partial charge in [0.1, 0.15) is 17.8 Å². The van der Waals surface area contributed by atoms with Crippen LogP contribution in [0.5, 0.6) is 0 Å². The quantitative estimate of drug-likeness (QED) is 0.471. The van der Waals surface area contributed by atoms with Crippen molar-refractivity contribution in [1.82, 2.24) is 9.55 Å². The molecule has 8 heteroatoms. The van der Waals surface area contributed by atoms with E-state index in [1.807, 2.05) is 0 Å². The van der Waals surface area contributed by atoms with Crippen LogP contribution in [0.15, 0.2) is 15.8 Å². The third-order valence-electron chi connectivity index (χ3n) is 3.61. The van der Waals surface area contributed by atoms with Crippen LogP contribution < -0.4 is 11.2 Å². The normalized spacial score (nSPS) is 32.0. The molecule has 2 rings (SSSR count). The van der Waals surface area contributed by atoms with Gasteiger partial charge >= 0.3 is 5.69 Å². The topological polar surface area (TPSA) is 125 Å². The van der Waals surface area contributed by atoms with E-state index in [9.17, 15) is 24.9 Å². The lowest BCUT2D eigenvalue weighted by Crippen LogP contribution is -2.49. The molecule has 0 saturated carbocycles. The molecule has 1 aromatic heterocycles. The Morgan fingerprint density at radius 1 is 1.57 bits per heavy atom.